The largest absolute Gasteiger partial charge is 0.283 e. The number of hydrogen-bond donors (Lipinski definition) is 0. The lowest BCUT2D eigenvalue weighted by atomic mass is 9.87. The van der Waals surface area contributed by atoms with E-state index in [9.17, 15) is 4.79 Å². The molecule has 0 bridgehead atoms. The molecule has 0 fully saturated rings. The van der Waals surface area contributed by atoms with Crippen LogP contribution in [0.3, 0.4) is 0 Å². The molecule has 5 heteroatoms. The summed E-state index contributed by atoms with van der Waals surface area (Å²) < 4.78 is 1.76. The maximum absolute atomic E-state index is 13.2. The zero-order valence-electron chi connectivity index (χ0n) is 17.5. The van der Waals surface area contributed by atoms with Gasteiger partial charge >= 0.3 is 0 Å². The van der Waals surface area contributed by atoms with Crippen molar-refractivity contribution in [3.05, 3.63) is 100 Å². The van der Waals surface area contributed by atoms with Gasteiger partial charge in [-0.05, 0) is 40.3 Å². The third-order valence-corrected chi connectivity index (χ3v) is 6.13. The summed E-state index contributed by atoms with van der Waals surface area (Å²) in [6.45, 7) is 7.10. The van der Waals surface area contributed by atoms with Crippen LogP contribution in [0.1, 0.15) is 37.5 Å². The van der Waals surface area contributed by atoms with Gasteiger partial charge in [-0.15, -0.1) is 0 Å². The molecule has 2 heterocycles. The van der Waals surface area contributed by atoms with Crippen molar-refractivity contribution in [1.29, 1.82) is 0 Å². The number of rotatable bonds is 5. The molecule has 2 aromatic heterocycles. The van der Waals surface area contributed by atoms with Crippen LogP contribution in [0, 0.1) is 0 Å². The van der Waals surface area contributed by atoms with Crippen LogP contribution in [-0.2, 0) is 17.7 Å². The fourth-order valence-electron chi connectivity index (χ4n) is 3.32. The monoisotopic (exact) mass is 415 g/mol. The van der Waals surface area contributed by atoms with Gasteiger partial charge in [-0.3, -0.25) is 14.3 Å². The first-order valence-electron chi connectivity index (χ1n) is 10.0. The molecule has 0 aliphatic heterocycles. The quantitative estimate of drug-likeness (QED) is 0.322. The summed E-state index contributed by atoms with van der Waals surface area (Å²) in [4.78, 5) is 22.2. The molecule has 0 radical (unpaired) electrons. The molecular weight excluding hydrogens is 390 g/mol. The second-order valence-corrected chi connectivity index (χ2v) is 9.34. The number of benzene rings is 2. The number of nitrogens with zero attached hydrogens (tertiary/aromatic N) is 3. The normalized spacial score (nSPS) is 11.7. The van der Waals surface area contributed by atoms with Crippen LogP contribution in [0.2, 0.25) is 0 Å². The van der Waals surface area contributed by atoms with Crippen LogP contribution in [0.5, 0.6) is 0 Å². The van der Waals surface area contributed by atoms with Gasteiger partial charge in [0.1, 0.15) is 0 Å². The second kappa shape index (κ2) is 8.44. The molecular formula is C25H25N3OS. The van der Waals surface area contributed by atoms with Crippen LogP contribution in [-0.4, -0.2) is 14.5 Å². The molecule has 30 heavy (non-hydrogen) atoms. The Kier molecular flexibility index (Phi) is 5.73. The van der Waals surface area contributed by atoms with Crippen LogP contribution >= 0.6 is 11.8 Å². The van der Waals surface area contributed by atoms with Crippen LogP contribution in [0.25, 0.3) is 10.9 Å². The van der Waals surface area contributed by atoms with E-state index in [0.29, 0.717) is 11.9 Å². The minimum Gasteiger partial charge on any atom is -0.283 e. The second-order valence-electron chi connectivity index (χ2n) is 8.40. The summed E-state index contributed by atoms with van der Waals surface area (Å²) >= 11 is 1.59. The Balaban J connectivity index is 1.67. The van der Waals surface area contributed by atoms with E-state index >= 15 is 0 Å². The molecule has 0 unspecified atom stereocenters. The first kappa shape index (κ1) is 20.4. The Hall–Kier alpha value is -2.92. The van der Waals surface area contributed by atoms with Crippen molar-refractivity contribution in [2.45, 2.75) is 43.6 Å². The minimum absolute atomic E-state index is 0.0185. The minimum atomic E-state index is -0.0185. The van der Waals surface area contributed by atoms with E-state index in [2.05, 4.69) is 50.0 Å². The first-order valence-corrected chi connectivity index (χ1v) is 11.0. The highest BCUT2D eigenvalue weighted by Crippen LogP contribution is 2.26. The van der Waals surface area contributed by atoms with Gasteiger partial charge in [0.05, 0.1) is 17.4 Å². The van der Waals surface area contributed by atoms with Gasteiger partial charge in [-0.1, -0.05) is 75.0 Å². The maximum Gasteiger partial charge on any atom is 0.262 e. The third kappa shape index (κ3) is 4.46. The molecule has 0 saturated carbocycles. The summed E-state index contributed by atoms with van der Waals surface area (Å²) in [5.74, 6) is 0.752. The number of aromatic nitrogens is 3. The van der Waals surface area contributed by atoms with E-state index in [1.165, 1.54) is 11.1 Å². The van der Waals surface area contributed by atoms with Crippen molar-refractivity contribution in [3.63, 3.8) is 0 Å². The van der Waals surface area contributed by atoms with Gasteiger partial charge in [0, 0.05) is 18.1 Å². The lowest BCUT2D eigenvalue weighted by molar-refractivity contribution is 0.590. The lowest BCUT2D eigenvalue weighted by Gasteiger charge is -2.19. The van der Waals surface area contributed by atoms with Gasteiger partial charge in [-0.2, -0.15) is 0 Å². The van der Waals surface area contributed by atoms with E-state index < -0.39 is 0 Å². The Morgan fingerprint density at radius 2 is 1.70 bits per heavy atom. The van der Waals surface area contributed by atoms with E-state index in [-0.39, 0.29) is 11.0 Å². The Morgan fingerprint density at radius 1 is 0.933 bits per heavy atom. The molecule has 0 aliphatic carbocycles. The van der Waals surface area contributed by atoms with Crippen LogP contribution < -0.4 is 5.56 Å². The molecule has 152 valence electrons. The smallest absolute Gasteiger partial charge is 0.262 e. The van der Waals surface area contributed by atoms with Gasteiger partial charge in [-0.25, -0.2) is 4.98 Å². The first-order chi connectivity index (χ1) is 14.4. The van der Waals surface area contributed by atoms with Crippen molar-refractivity contribution in [2.24, 2.45) is 0 Å². The van der Waals surface area contributed by atoms with Crippen molar-refractivity contribution >= 4 is 22.7 Å². The van der Waals surface area contributed by atoms with E-state index in [0.717, 1.165) is 22.0 Å². The maximum atomic E-state index is 13.2. The van der Waals surface area contributed by atoms with Crippen LogP contribution in [0.15, 0.2) is 83.0 Å². The predicted molar refractivity (Wildman–Crippen MR) is 124 cm³/mol. The molecule has 0 N–H and O–H groups in total. The SMILES string of the molecule is CC(C)(C)c1ccc(CSc2nc3ccccc3c(=O)n2Cc2cccnc2)cc1. The Bertz CT molecular complexity index is 1210. The highest BCUT2D eigenvalue weighted by molar-refractivity contribution is 7.98. The summed E-state index contributed by atoms with van der Waals surface area (Å²) in [5.41, 5.74) is 4.35. The summed E-state index contributed by atoms with van der Waals surface area (Å²) in [5, 5.41) is 1.36. The van der Waals surface area contributed by atoms with Gasteiger partial charge < -0.3 is 0 Å². The van der Waals surface area contributed by atoms with Gasteiger partial charge in [0.2, 0.25) is 0 Å². The molecule has 0 aliphatic rings. The fraction of sp³-hybridized carbons (Fsp3) is 0.240. The molecule has 0 amide bonds. The average Bonchev–Trinajstić information content (AvgIpc) is 2.75. The fourth-order valence-corrected chi connectivity index (χ4v) is 4.27. The summed E-state index contributed by atoms with van der Waals surface area (Å²) in [6, 6.07) is 20.1. The van der Waals surface area contributed by atoms with Crippen molar-refractivity contribution < 1.29 is 0 Å². The molecule has 0 saturated heterocycles. The van der Waals surface area contributed by atoms with Gasteiger partial charge in [0.15, 0.2) is 5.16 Å². The average molecular weight is 416 g/mol. The van der Waals surface area contributed by atoms with Crippen molar-refractivity contribution in [3.8, 4) is 0 Å². The third-order valence-electron chi connectivity index (χ3n) is 5.08. The molecule has 4 rings (SSSR count). The lowest BCUT2D eigenvalue weighted by Crippen LogP contribution is -2.24. The molecule has 4 nitrogen and oxygen atoms in total. The van der Waals surface area contributed by atoms with E-state index in [1.54, 1.807) is 28.7 Å². The molecule has 2 aromatic carbocycles. The highest BCUT2D eigenvalue weighted by atomic mass is 32.2. The zero-order valence-corrected chi connectivity index (χ0v) is 18.3. The number of para-hydroxylation sites is 1. The predicted octanol–water partition coefficient (Wildman–Crippen LogP) is 5.43. The molecule has 0 spiro atoms. The number of pyridine rings is 1. The van der Waals surface area contributed by atoms with E-state index in [4.69, 9.17) is 4.98 Å². The molecule has 0 atom stereocenters. The topological polar surface area (TPSA) is 47.8 Å². The van der Waals surface area contributed by atoms with Crippen molar-refractivity contribution in [1.82, 2.24) is 14.5 Å². The van der Waals surface area contributed by atoms with Crippen molar-refractivity contribution in [2.75, 3.05) is 0 Å². The van der Waals surface area contributed by atoms with Crippen LogP contribution in [0.4, 0.5) is 0 Å². The number of thioether (sulfide) groups is 1. The standard InChI is InChI=1S/C25H25N3OS/c1-25(2,3)20-12-10-18(11-13-20)17-30-24-27-22-9-5-4-8-21(22)23(29)28(24)16-19-7-6-14-26-15-19/h4-15H,16-17H2,1-3H3. The van der Waals surface area contributed by atoms with E-state index in [1.807, 2.05) is 36.4 Å². The number of hydrogen-bond acceptors (Lipinski definition) is 4. The Morgan fingerprint density at radius 3 is 2.40 bits per heavy atom. The zero-order chi connectivity index (χ0) is 21.1. The summed E-state index contributed by atoms with van der Waals surface area (Å²) in [6.07, 6.45) is 3.53. The summed E-state index contributed by atoms with van der Waals surface area (Å²) in [7, 11) is 0. The Labute approximate surface area is 181 Å². The molecule has 4 aromatic rings. The van der Waals surface area contributed by atoms with Gasteiger partial charge in [0.25, 0.3) is 5.56 Å². The highest BCUT2D eigenvalue weighted by Gasteiger charge is 2.14. The number of fused-ring (bicyclic) bond motifs is 1.